The van der Waals surface area contributed by atoms with Crippen molar-refractivity contribution < 1.29 is 18.3 Å². The molecular formula is C22H21N3O4S2. The van der Waals surface area contributed by atoms with E-state index in [1.165, 1.54) is 11.3 Å². The van der Waals surface area contributed by atoms with Crippen molar-refractivity contribution >= 4 is 48.7 Å². The molecule has 0 fully saturated rings. The molecular weight excluding hydrogens is 434 g/mol. The number of fused-ring (bicyclic) bond motifs is 1. The van der Waals surface area contributed by atoms with Crippen LogP contribution in [0, 0.1) is 18.8 Å². The zero-order valence-electron chi connectivity index (χ0n) is 16.8. The number of sulfone groups is 1. The van der Waals surface area contributed by atoms with Gasteiger partial charge < -0.3 is 15.7 Å². The molecule has 7 nitrogen and oxygen atoms in total. The van der Waals surface area contributed by atoms with E-state index < -0.39 is 15.7 Å². The number of rotatable bonds is 7. The standard InChI is InChI=1S/C22H21N3O4S2/c1-3-31(28,29)11-9-21(27)25-18-8-4-7-17(14-18)23-10-5-6-16-12-19(26)22-20(13-16)30-15(2)24-22/h3-4,7-8,12-14,23,26H,1,9-11H2,2H3,(H,25,27). The highest BCUT2D eigenvalue weighted by Crippen LogP contribution is 2.30. The third kappa shape index (κ3) is 6.31. The third-order valence-corrected chi connectivity index (χ3v) is 6.41. The molecule has 0 spiro atoms. The fourth-order valence-electron chi connectivity index (χ4n) is 2.74. The monoisotopic (exact) mass is 455 g/mol. The SMILES string of the molecule is C=CS(=O)(=O)CCC(=O)Nc1cccc(NCC#Cc2cc(O)c3nc(C)sc3c2)c1. The molecule has 3 N–H and O–H groups in total. The van der Waals surface area contributed by atoms with Gasteiger partial charge in [0.05, 0.1) is 22.0 Å². The van der Waals surface area contributed by atoms with Crippen molar-refractivity contribution in [3.05, 3.63) is 59.0 Å². The van der Waals surface area contributed by atoms with Gasteiger partial charge in [0.15, 0.2) is 9.84 Å². The number of nitrogens with one attached hydrogen (secondary N) is 2. The first-order valence-electron chi connectivity index (χ1n) is 9.34. The number of thiazole rings is 1. The van der Waals surface area contributed by atoms with Crippen molar-refractivity contribution in [1.29, 1.82) is 0 Å². The van der Waals surface area contributed by atoms with E-state index in [0.717, 1.165) is 20.8 Å². The molecule has 0 atom stereocenters. The summed E-state index contributed by atoms with van der Waals surface area (Å²) in [5, 5.41) is 17.6. The lowest BCUT2D eigenvalue weighted by Crippen LogP contribution is -2.16. The van der Waals surface area contributed by atoms with Crippen molar-refractivity contribution in [2.24, 2.45) is 0 Å². The second-order valence-corrected chi connectivity index (χ2v) is 9.95. The van der Waals surface area contributed by atoms with Gasteiger partial charge in [-0.2, -0.15) is 0 Å². The second-order valence-electron chi connectivity index (χ2n) is 6.64. The molecule has 1 aromatic heterocycles. The summed E-state index contributed by atoms with van der Waals surface area (Å²) in [5.41, 5.74) is 2.59. The van der Waals surface area contributed by atoms with Crippen LogP contribution in [0.3, 0.4) is 0 Å². The van der Waals surface area contributed by atoms with Crippen LogP contribution in [0.4, 0.5) is 11.4 Å². The van der Waals surface area contributed by atoms with Gasteiger partial charge >= 0.3 is 0 Å². The van der Waals surface area contributed by atoms with E-state index in [1.807, 2.05) is 19.1 Å². The van der Waals surface area contributed by atoms with E-state index in [9.17, 15) is 18.3 Å². The highest BCUT2D eigenvalue weighted by atomic mass is 32.2. The number of hydrogen-bond acceptors (Lipinski definition) is 7. The molecule has 3 aromatic rings. The Labute approximate surface area is 184 Å². The summed E-state index contributed by atoms with van der Waals surface area (Å²) >= 11 is 1.50. The summed E-state index contributed by atoms with van der Waals surface area (Å²) in [6.07, 6.45) is -0.145. The largest absolute Gasteiger partial charge is 0.506 e. The molecule has 0 radical (unpaired) electrons. The summed E-state index contributed by atoms with van der Waals surface area (Å²) in [5.74, 6) is 5.46. The Hall–Kier alpha value is -3.35. The maximum Gasteiger partial charge on any atom is 0.225 e. The molecule has 0 saturated carbocycles. The zero-order valence-corrected chi connectivity index (χ0v) is 18.4. The molecule has 31 heavy (non-hydrogen) atoms. The lowest BCUT2D eigenvalue weighted by atomic mass is 10.2. The number of carbonyl (C=O) groups excluding carboxylic acids is 1. The van der Waals surface area contributed by atoms with Gasteiger partial charge in [0.1, 0.15) is 11.3 Å². The number of anilines is 2. The third-order valence-electron chi connectivity index (χ3n) is 4.21. The summed E-state index contributed by atoms with van der Waals surface area (Å²) in [6.45, 7) is 5.47. The van der Waals surface area contributed by atoms with Gasteiger partial charge in [-0.05, 0) is 37.3 Å². The number of carbonyl (C=O) groups is 1. The van der Waals surface area contributed by atoms with Crippen LogP contribution in [0.1, 0.15) is 17.0 Å². The van der Waals surface area contributed by atoms with Crippen molar-refractivity contribution in [2.45, 2.75) is 13.3 Å². The number of nitrogens with zero attached hydrogens (tertiary/aromatic N) is 1. The Morgan fingerprint density at radius 3 is 2.84 bits per heavy atom. The Balaban J connectivity index is 1.57. The molecule has 0 aliphatic carbocycles. The number of amides is 1. The number of benzene rings is 2. The smallest absolute Gasteiger partial charge is 0.225 e. The molecule has 3 rings (SSSR count). The number of phenolic OH excluding ortho intramolecular Hbond substituents is 1. The van der Waals surface area contributed by atoms with Crippen LogP contribution in [0.5, 0.6) is 5.75 Å². The minimum absolute atomic E-state index is 0.114. The summed E-state index contributed by atoms with van der Waals surface area (Å²) in [7, 11) is -3.41. The number of aryl methyl sites for hydroxylation is 1. The van der Waals surface area contributed by atoms with Gasteiger partial charge in [0, 0.05) is 28.8 Å². The van der Waals surface area contributed by atoms with Crippen LogP contribution in [0.15, 0.2) is 48.4 Å². The Kier molecular flexibility index (Phi) is 6.95. The topological polar surface area (TPSA) is 108 Å². The van der Waals surface area contributed by atoms with E-state index >= 15 is 0 Å². The molecule has 0 saturated heterocycles. The minimum atomic E-state index is -3.41. The van der Waals surface area contributed by atoms with Crippen molar-refractivity contribution in [2.75, 3.05) is 22.9 Å². The van der Waals surface area contributed by atoms with Gasteiger partial charge in [-0.25, -0.2) is 13.4 Å². The Morgan fingerprint density at radius 2 is 2.06 bits per heavy atom. The lowest BCUT2D eigenvalue weighted by molar-refractivity contribution is -0.115. The number of phenols is 1. The van der Waals surface area contributed by atoms with Crippen LogP contribution < -0.4 is 10.6 Å². The van der Waals surface area contributed by atoms with E-state index in [1.54, 1.807) is 24.3 Å². The van der Waals surface area contributed by atoms with Crippen LogP contribution >= 0.6 is 11.3 Å². The Morgan fingerprint density at radius 1 is 1.29 bits per heavy atom. The fraction of sp³-hybridized carbons (Fsp3) is 0.182. The van der Waals surface area contributed by atoms with E-state index in [-0.39, 0.29) is 17.9 Å². The van der Waals surface area contributed by atoms with Crippen LogP contribution in [0.25, 0.3) is 10.2 Å². The molecule has 0 aliphatic heterocycles. The van der Waals surface area contributed by atoms with E-state index in [0.29, 0.717) is 23.3 Å². The normalized spacial score (nSPS) is 10.9. The number of aromatic hydroxyl groups is 1. The van der Waals surface area contributed by atoms with Crippen LogP contribution in [-0.2, 0) is 14.6 Å². The summed E-state index contributed by atoms with van der Waals surface area (Å²) in [4.78, 5) is 16.2. The fourth-order valence-corrected chi connectivity index (χ4v) is 4.26. The first kappa shape index (κ1) is 22.3. The molecule has 2 aromatic carbocycles. The lowest BCUT2D eigenvalue weighted by Gasteiger charge is -2.08. The van der Waals surface area contributed by atoms with Crippen LogP contribution in [0.2, 0.25) is 0 Å². The maximum absolute atomic E-state index is 11.9. The summed E-state index contributed by atoms with van der Waals surface area (Å²) in [6, 6.07) is 10.5. The first-order chi connectivity index (χ1) is 14.8. The summed E-state index contributed by atoms with van der Waals surface area (Å²) < 4.78 is 23.7. The molecule has 1 amide bonds. The van der Waals surface area contributed by atoms with Gasteiger partial charge in [-0.15, -0.1) is 11.3 Å². The van der Waals surface area contributed by atoms with Gasteiger partial charge in [-0.1, -0.05) is 24.5 Å². The molecule has 0 unspecified atom stereocenters. The quantitative estimate of drug-likeness (QED) is 0.469. The number of hydrogen-bond donors (Lipinski definition) is 3. The molecule has 160 valence electrons. The van der Waals surface area contributed by atoms with E-state index in [4.69, 9.17) is 0 Å². The predicted molar refractivity (Wildman–Crippen MR) is 125 cm³/mol. The molecule has 1 heterocycles. The molecule has 9 heteroatoms. The van der Waals surface area contributed by atoms with Crippen LogP contribution in [-0.4, -0.2) is 36.7 Å². The van der Waals surface area contributed by atoms with Crippen molar-refractivity contribution in [1.82, 2.24) is 4.98 Å². The average molecular weight is 456 g/mol. The van der Waals surface area contributed by atoms with E-state index in [2.05, 4.69) is 34.0 Å². The molecule has 0 bridgehead atoms. The Bertz CT molecular complexity index is 1300. The van der Waals surface area contributed by atoms with Crippen molar-refractivity contribution in [3.63, 3.8) is 0 Å². The molecule has 0 aliphatic rings. The maximum atomic E-state index is 11.9. The number of aromatic nitrogens is 1. The van der Waals surface area contributed by atoms with Gasteiger partial charge in [0.25, 0.3) is 0 Å². The minimum Gasteiger partial charge on any atom is -0.506 e. The first-order valence-corrected chi connectivity index (χ1v) is 11.9. The second kappa shape index (κ2) is 9.64. The zero-order chi connectivity index (χ0) is 22.4. The highest BCUT2D eigenvalue weighted by Gasteiger charge is 2.10. The predicted octanol–water partition coefficient (Wildman–Crippen LogP) is 3.66. The average Bonchev–Trinajstić information content (AvgIpc) is 3.11. The van der Waals surface area contributed by atoms with Gasteiger partial charge in [0.2, 0.25) is 5.91 Å². The van der Waals surface area contributed by atoms with Crippen molar-refractivity contribution in [3.8, 4) is 17.6 Å². The van der Waals surface area contributed by atoms with Gasteiger partial charge in [-0.3, -0.25) is 4.79 Å². The highest BCUT2D eigenvalue weighted by molar-refractivity contribution is 7.94.